The molecule has 1 atom stereocenters. The minimum atomic E-state index is -0.363. The van der Waals surface area contributed by atoms with Gasteiger partial charge in [-0.1, -0.05) is 0 Å². The minimum absolute atomic E-state index is 0.0144. The average molecular weight is 513 g/mol. The summed E-state index contributed by atoms with van der Waals surface area (Å²) in [5.41, 5.74) is 6.42. The van der Waals surface area contributed by atoms with Crippen LogP contribution in [0, 0.1) is 5.92 Å². The molecule has 2 saturated heterocycles. The summed E-state index contributed by atoms with van der Waals surface area (Å²) in [5, 5.41) is 2.69. The number of amides is 3. The van der Waals surface area contributed by atoms with Crippen molar-refractivity contribution in [3.63, 3.8) is 0 Å². The molecular weight excluding hydrogens is 480 g/mol. The predicted molar refractivity (Wildman–Crippen MR) is 135 cm³/mol. The Kier molecular flexibility index (Phi) is 8.35. The van der Waals surface area contributed by atoms with E-state index in [9.17, 15) is 19.2 Å². The Morgan fingerprint density at radius 3 is 2.42 bits per heavy atom. The van der Waals surface area contributed by atoms with Gasteiger partial charge in [-0.25, -0.2) is 4.98 Å². The van der Waals surface area contributed by atoms with Crippen molar-refractivity contribution in [1.29, 1.82) is 0 Å². The number of benzene rings is 1. The Morgan fingerprint density at radius 1 is 1.03 bits per heavy atom. The second-order valence-electron chi connectivity index (χ2n) is 9.37. The first-order chi connectivity index (χ1) is 17.4. The molecule has 3 heterocycles. The Balaban J connectivity index is 1.24. The van der Waals surface area contributed by atoms with Crippen LogP contribution in [0.25, 0.3) is 0 Å². The van der Waals surface area contributed by atoms with E-state index < -0.39 is 0 Å². The van der Waals surface area contributed by atoms with E-state index in [2.05, 4.69) is 4.98 Å². The van der Waals surface area contributed by atoms with Crippen LogP contribution in [0.15, 0.2) is 29.6 Å². The number of likely N-dealkylation sites (tertiary alicyclic amines) is 2. The fourth-order valence-corrected chi connectivity index (χ4v) is 5.77. The van der Waals surface area contributed by atoms with Crippen LogP contribution in [0.3, 0.4) is 0 Å². The molecule has 0 bridgehead atoms. The Labute approximate surface area is 214 Å². The van der Waals surface area contributed by atoms with E-state index >= 15 is 0 Å². The lowest BCUT2D eigenvalue weighted by molar-refractivity contribution is -0.132. The number of ether oxygens (including phenoxy) is 1. The second kappa shape index (κ2) is 11.6. The van der Waals surface area contributed by atoms with E-state index in [1.807, 2.05) is 4.90 Å². The molecule has 36 heavy (non-hydrogen) atoms. The molecule has 0 saturated carbocycles. The Bertz CT molecular complexity index is 1110. The summed E-state index contributed by atoms with van der Waals surface area (Å²) in [7, 11) is 1.57. The van der Waals surface area contributed by atoms with E-state index in [1.165, 1.54) is 11.3 Å². The van der Waals surface area contributed by atoms with Gasteiger partial charge in [0.25, 0.3) is 5.91 Å². The van der Waals surface area contributed by atoms with Crippen LogP contribution in [-0.4, -0.2) is 71.6 Å². The van der Waals surface area contributed by atoms with Crippen LogP contribution >= 0.6 is 11.3 Å². The molecule has 10 heteroatoms. The standard InChI is InChI=1S/C26H32N4O5S/c1-35-20-6-4-17(5-7-20)22(31)8-9-23(32)29-13-10-18(11-14-29)25-28-21(16-36-25)26(34)30-12-2-3-19(15-30)24(27)33/h4-7,16,18-19H,2-3,8-15H2,1H3,(H2,27,33). The summed E-state index contributed by atoms with van der Waals surface area (Å²) >= 11 is 1.47. The maximum atomic E-state index is 12.9. The number of Topliss-reactive ketones (excluding diaryl/α,β-unsaturated/α-hetero) is 1. The highest BCUT2D eigenvalue weighted by atomic mass is 32.1. The lowest BCUT2D eigenvalue weighted by Gasteiger charge is -2.31. The summed E-state index contributed by atoms with van der Waals surface area (Å²) in [6, 6.07) is 6.90. The quantitative estimate of drug-likeness (QED) is 0.543. The smallest absolute Gasteiger partial charge is 0.273 e. The molecule has 2 aromatic rings. The van der Waals surface area contributed by atoms with Gasteiger partial charge < -0.3 is 20.3 Å². The molecule has 0 radical (unpaired) electrons. The number of methoxy groups -OCH3 is 1. The minimum Gasteiger partial charge on any atom is -0.497 e. The van der Waals surface area contributed by atoms with Crippen LogP contribution < -0.4 is 10.5 Å². The summed E-state index contributed by atoms with van der Waals surface area (Å²) in [4.78, 5) is 57.6. The van der Waals surface area contributed by atoms with Crippen molar-refractivity contribution in [2.24, 2.45) is 11.7 Å². The largest absolute Gasteiger partial charge is 0.497 e. The van der Waals surface area contributed by atoms with E-state index in [1.54, 1.807) is 41.7 Å². The van der Waals surface area contributed by atoms with E-state index in [0.29, 0.717) is 49.6 Å². The molecule has 3 amide bonds. The summed E-state index contributed by atoms with van der Waals surface area (Å²) < 4.78 is 5.11. The molecule has 4 rings (SSSR count). The van der Waals surface area contributed by atoms with Crippen molar-refractivity contribution < 1.29 is 23.9 Å². The number of ketones is 1. The number of primary amides is 1. The molecule has 2 aliphatic heterocycles. The van der Waals surface area contributed by atoms with E-state index in [-0.39, 0.29) is 48.2 Å². The molecule has 0 aliphatic carbocycles. The zero-order valence-electron chi connectivity index (χ0n) is 20.5. The number of hydrogen-bond donors (Lipinski definition) is 1. The zero-order valence-corrected chi connectivity index (χ0v) is 21.3. The van der Waals surface area contributed by atoms with Crippen molar-refractivity contribution >= 4 is 34.8 Å². The third-order valence-corrected chi connectivity index (χ3v) is 8.03. The number of hydrogen-bond acceptors (Lipinski definition) is 7. The number of rotatable bonds is 8. The number of thiazole rings is 1. The van der Waals surface area contributed by atoms with Crippen LogP contribution in [0.1, 0.15) is 70.3 Å². The van der Waals surface area contributed by atoms with Gasteiger partial charge in [0.1, 0.15) is 11.4 Å². The molecular formula is C26H32N4O5S. The molecule has 1 aromatic heterocycles. The number of carbonyl (C=O) groups excluding carboxylic acids is 4. The predicted octanol–water partition coefficient (Wildman–Crippen LogP) is 2.86. The summed E-state index contributed by atoms with van der Waals surface area (Å²) in [6.07, 6.45) is 3.38. The Morgan fingerprint density at radius 2 is 1.75 bits per heavy atom. The normalized spacial score (nSPS) is 18.6. The Hall–Kier alpha value is -3.27. The summed E-state index contributed by atoms with van der Waals surface area (Å²) in [6.45, 7) is 2.17. The fraction of sp³-hybridized carbons (Fsp3) is 0.500. The first-order valence-electron chi connectivity index (χ1n) is 12.3. The highest BCUT2D eigenvalue weighted by Gasteiger charge is 2.30. The first kappa shape index (κ1) is 25.8. The van der Waals surface area contributed by atoms with Gasteiger partial charge in [-0.3, -0.25) is 19.2 Å². The van der Waals surface area contributed by atoms with Gasteiger partial charge >= 0.3 is 0 Å². The van der Waals surface area contributed by atoms with Crippen molar-refractivity contribution in [3.05, 3.63) is 45.9 Å². The molecule has 2 fully saturated rings. The molecule has 2 N–H and O–H groups in total. The van der Waals surface area contributed by atoms with Crippen LogP contribution in [0.2, 0.25) is 0 Å². The number of aromatic nitrogens is 1. The van der Waals surface area contributed by atoms with Gasteiger partial charge in [-0.05, 0) is 49.9 Å². The molecule has 192 valence electrons. The van der Waals surface area contributed by atoms with Crippen LogP contribution in [0.4, 0.5) is 0 Å². The lowest BCUT2D eigenvalue weighted by atomic mass is 9.96. The van der Waals surface area contributed by atoms with Crippen molar-refractivity contribution in [2.45, 2.75) is 44.4 Å². The van der Waals surface area contributed by atoms with Crippen molar-refractivity contribution in [2.75, 3.05) is 33.3 Å². The van der Waals surface area contributed by atoms with Crippen molar-refractivity contribution in [3.8, 4) is 5.75 Å². The summed E-state index contributed by atoms with van der Waals surface area (Å²) in [5.74, 6) is -0.00697. The SMILES string of the molecule is COc1ccc(C(=O)CCC(=O)N2CCC(c3nc(C(=O)N4CCCC(C(N)=O)C4)cs3)CC2)cc1. The number of nitrogens with two attached hydrogens (primary N) is 1. The van der Waals surface area contributed by atoms with Gasteiger partial charge in [-0.15, -0.1) is 11.3 Å². The van der Waals surface area contributed by atoms with Gasteiger partial charge in [0.05, 0.1) is 18.0 Å². The van der Waals surface area contributed by atoms with E-state index in [4.69, 9.17) is 10.5 Å². The van der Waals surface area contributed by atoms with Crippen molar-refractivity contribution in [1.82, 2.24) is 14.8 Å². The van der Waals surface area contributed by atoms with Crippen LogP contribution in [0.5, 0.6) is 5.75 Å². The molecule has 2 aliphatic rings. The fourth-order valence-electron chi connectivity index (χ4n) is 4.80. The third-order valence-electron chi connectivity index (χ3n) is 7.03. The first-order valence-corrected chi connectivity index (χ1v) is 13.2. The molecule has 1 unspecified atom stereocenters. The lowest BCUT2D eigenvalue weighted by Crippen LogP contribution is -2.44. The average Bonchev–Trinajstić information content (AvgIpc) is 3.41. The maximum Gasteiger partial charge on any atom is 0.273 e. The molecule has 0 spiro atoms. The van der Waals surface area contributed by atoms with Gasteiger partial charge in [0.2, 0.25) is 11.8 Å². The highest BCUT2D eigenvalue weighted by molar-refractivity contribution is 7.09. The van der Waals surface area contributed by atoms with E-state index in [0.717, 1.165) is 24.3 Å². The molecule has 1 aromatic carbocycles. The van der Waals surface area contributed by atoms with Gasteiger partial charge in [-0.2, -0.15) is 0 Å². The second-order valence-corrected chi connectivity index (χ2v) is 10.3. The number of nitrogens with zero attached hydrogens (tertiary/aromatic N) is 3. The monoisotopic (exact) mass is 512 g/mol. The molecule has 9 nitrogen and oxygen atoms in total. The number of carbonyl (C=O) groups is 4. The maximum absolute atomic E-state index is 12.9. The topological polar surface area (TPSA) is 123 Å². The third kappa shape index (κ3) is 6.10. The highest BCUT2D eigenvalue weighted by Crippen LogP contribution is 2.31. The van der Waals surface area contributed by atoms with Crippen LogP contribution in [-0.2, 0) is 9.59 Å². The van der Waals surface area contributed by atoms with Gasteiger partial charge in [0, 0.05) is 55.9 Å². The zero-order chi connectivity index (χ0) is 25.7. The van der Waals surface area contributed by atoms with Gasteiger partial charge in [0.15, 0.2) is 5.78 Å². The number of piperidine rings is 2.